The molecule has 2 aliphatic heterocycles. The molecule has 0 aliphatic carbocycles. The van der Waals surface area contributed by atoms with E-state index in [2.05, 4.69) is 43.0 Å². The molecule has 2 heterocycles. The van der Waals surface area contributed by atoms with Crippen LogP contribution in [0.3, 0.4) is 0 Å². The zero-order valence-electron chi connectivity index (χ0n) is 18.5. The summed E-state index contributed by atoms with van der Waals surface area (Å²) >= 11 is 0. The van der Waals surface area contributed by atoms with Gasteiger partial charge < -0.3 is 19.1 Å². The van der Waals surface area contributed by atoms with Crippen LogP contribution in [0.2, 0.25) is 0 Å². The average molecular weight is 425 g/mol. The molecule has 0 bridgehead atoms. The van der Waals surface area contributed by atoms with Gasteiger partial charge in [0.05, 0.1) is 6.61 Å². The number of rotatable bonds is 7. The smallest absolute Gasteiger partial charge is 0.253 e. The Kier molecular flexibility index (Phi) is 7.10. The third kappa shape index (κ3) is 5.77. The second-order valence-electron chi connectivity index (χ2n) is 8.67. The summed E-state index contributed by atoms with van der Waals surface area (Å²) in [5.41, 5.74) is 2.29. The van der Waals surface area contributed by atoms with E-state index < -0.39 is 6.10 Å². The largest absolute Gasteiger partial charge is 0.486 e. The molecular weight excluding hydrogens is 392 g/mol. The van der Waals surface area contributed by atoms with Crippen molar-refractivity contribution in [2.24, 2.45) is 5.92 Å². The summed E-state index contributed by atoms with van der Waals surface area (Å²) in [5.74, 6) is 1.94. The van der Waals surface area contributed by atoms with Gasteiger partial charge in [0.1, 0.15) is 19.3 Å². The number of ether oxygens (including phenoxy) is 3. The molecule has 4 rings (SSSR count). The molecule has 1 fully saturated rings. The molecule has 31 heavy (non-hydrogen) atoms. The fraction of sp³-hybridized carbons (Fsp3) is 0.480. The van der Waals surface area contributed by atoms with E-state index in [1.165, 1.54) is 5.56 Å². The highest BCUT2D eigenvalue weighted by Gasteiger charge is 2.31. The lowest BCUT2D eigenvalue weighted by atomic mass is 10.1. The zero-order chi connectivity index (χ0) is 21.6. The van der Waals surface area contributed by atoms with Crippen LogP contribution in [0.5, 0.6) is 11.5 Å². The molecule has 0 spiro atoms. The van der Waals surface area contributed by atoms with Crippen LogP contribution in [0.15, 0.2) is 48.5 Å². The van der Waals surface area contributed by atoms with Crippen LogP contribution in [0.4, 0.5) is 0 Å². The number of carbonyl (C=O) groups excluding carboxylic acids is 1. The van der Waals surface area contributed by atoms with Gasteiger partial charge in [-0.25, -0.2) is 0 Å². The molecule has 6 nitrogen and oxygen atoms in total. The van der Waals surface area contributed by atoms with Crippen molar-refractivity contribution >= 4 is 5.91 Å². The van der Waals surface area contributed by atoms with Gasteiger partial charge in [0.15, 0.2) is 11.5 Å². The van der Waals surface area contributed by atoms with Gasteiger partial charge in [-0.05, 0) is 29.2 Å². The van der Waals surface area contributed by atoms with Gasteiger partial charge in [-0.2, -0.15) is 0 Å². The average Bonchev–Trinajstić information content (AvgIpc) is 2.79. The fourth-order valence-corrected chi connectivity index (χ4v) is 4.12. The van der Waals surface area contributed by atoms with Crippen molar-refractivity contribution in [2.75, 3.05) is 39.5 Å². The summed E-state index contributed by atoms with van der Waals surface area (Å²) in [7, 11) is 0. The minimum absolute atomic E-state index is 0.0568. The molecule has 1 unspecified atom stereocenters. The van der Waals surface area contributed by atoms with Gasteiger partial charge in [-0.3, -0.25) is 9.69 Å². The zero-order valence-corrected chi connectivity index (χ0v) is 18.5. The highest BCUT2D eigenvalue weighted by atomic mass is 16.6. The predicted octanol–water partition coefficient (Wildman–Crippen LogP) is 3.34. The van der Waals surface area contributed by atoms with E-state index in [-0.39, 0.29) is 5.91 Å². The van der Waals surface area contributed by atoms with Crippen molar-refractivity contribution in [1.82, 2.24) is 9.80 Å². The third-order valence-corrected chi connectivity index (χ3v) is 5.55. The Morgan fingerprint density at radius 2 is 1.81 bits per heavy atom. The third-order valence-electron chi connectivity index (χ3n) is 5.55. The maximum absolute atomic E-state index is 13.4. The molecule has 2 aromatic carbocycles. The first-order chi connectivity index (χ1) is 15.1. The van der Waals surface area contributed by atoms with Gasteiger partial charge in [-0.1, -0.05) is 50.2 Å². The summed E-state index contributed by atoms with van der Waals surface area (Å²) in [6.45, 7) is 9.47. The Labute approximate surface area is 184 Å². The molecule has 0 N–H and O–H groups in total. The maximum atomic E-state index is 13.4. The van der Waals surface area contributed by atoms with E-state index in [1.54, 1.807) is 0 Å². The Morgan fingerprint density at radius 3 is 2.58 bits per heavy atom. The second kappa shape index (κ2) is 10.2. The van der Waals surface area contributed by atoms with Crippen LogP contribution in [-0.4, -0.2) is 61.3 Å². The molecule has 0 radical (unpaired) electrons. The molecule has 2 aliphatic rings. The highest BCUT2D eigenvalue weighted by Crippen LogP contribution is 2.31. The number of carbonyl (C=O) groups is 1. The number of morpholine rings is 1. The molecular formula is C25H32N2O4. The summed E-state index contributed by atoms with van der Waals surface area (Å²) in [6, 6.07) is 16.3. The highest BCUT2D eigenvalue weighted by molar-refractivity contribution is 5.81. The van der Waals surface area contributed by atoms with E-state index in [4.69, 9.17) is 14.2 Å². The van der Waals surface area contributed by atoms with Crippen molar-refractivity contribution in [1.29, 1.82) is 0 Å². The second-order valence-corrected chi connectivity index (χ2v) is 8.67. The molecule has 0 saturated carbocycles. The standard InChI is InChI=1S/C25H32N2O4/c1-19(2)15-27(17-21-8-9-22-23(14-21)31-13-12-30-22)25(28)24-18-26(10-11-29-24)16-20-6-4-3-5-7-20/h3-9,14,19,24H,10-13,15-18H2,1-2H3. The lowest BCUT2D eigenvalue weighted by Gasteiger charge is -2.35. The Hall–Kier alpha value is -2.57. The van der Waals surface area contributed by atoms with Crippen LogP contribution >= 0.6 is 0 Å². The summed E-state index contributed by atoms with van der Waals surface area (Å²) in [6.07, 6.45) is -0.437. The Balaban J connectivity index is 1.43. The molecule has 1 atom stereocenters. The summed E-state index contributed by atoms with van der Waals surface area (Å²) in [4.78, 5) is 17.7. The fourth-order valence-electron chi connectivity index (χ4n) is 4.12. The number of hydrogen-bond donors (Lipinski definition) is 0. The van der Waals surface area contributed by atoms with Crippen molar-refractivity contribution in [3.63, 3.8) is 0 Å². The molecule has 1 saturated heterocycles. The van der Waals surface area contributed by atoms with Crippen LogP contribution in [0, 0.1) is 5.92 Å². The quantitative estimate of drug-likeness (QED) is 0.682. The topological polar surface area (TPSA) is 51.2 Å². The van der Waals surface area contributed by atoms with Crippen LogP contribution in [-0.2, 0) is 22.6 Å². The number of amides is 1. The predicted molar refractivity (Wildman–Crippen MR) is 119 cm³/mol. The molecule has 6 heteroatoms. The van der Waals surface area contributed by atoms with Gasteiger partial charge >= 0.3 is 0 Å². The first-order valence-electron chi connectivity index (χ1n) is 11.1. The molecule has 2 aromatic rings. The first-order valence-corrected chi connectivity index (χ1v) is 11.1. The monoisotopic (exact) mass is 424 g/mol. The van der Waals surface area contributed by atoms with Crippen LogP contribution < -0.4 is 9.47 Å². The number of fused-ring (bicyclic) bond motifs is 1. The van der Waals surface area contributed by atoms with Gasteiger partial charge in [0, 0.05) is 32.7 Å². The van der Waals surface area contributed by atoms with Crippen LogP contribution in [0.1, 0.15) is 25.0 Å². The van der Waals surface area contributed by atoms with E-state index in [0.29, 0.717) is 45.4 Å². The summed E-state index contributed by atoms with van der Waals surface area (Å²) < 4.78 is 17.3. The van der Waals surface area contributed by atoms with Crippen molar-refractivity contribution in [2.45, 2.75) is 33.0 Å². The van der Waals surface area contributed by atoms with E-state index >= 15 is 0 Å². The van der Waals surface area contributed by atoms with Gasteiger partial charge in [0.2, 0.25) is 0 Å². The first kappa shape index (κ1) is 21.7. The molecule has 1 amide bonds. The van der Waals surface area contributed by atoms with E-state index in [0.717, 1.165) is 30.2 Å². The normalized spacial score (nSPS) is 18.7. The lowest BCUT2D eigenvalue weighted by Crippen LogP contribution is -2.51. The SMILES string of the molecule is CC(C)CN(Cc1ccc2c(c1)OCCO2)C(=O)C1CN(Cc2ccccc2)CCO1. The number of benzene rings is 2. The minimum Gasteiger partial charge on any atom is -0.486 e. The number of nitrogens with zero attached hydrogens (tertiary/aromatic N) is 2. The Bertz CT molecular complexity index is 871. The van der Waals surface area contributed by atoms with Crippen molar-refractivity contribution in [3.05, 3.63) is 59.7 Å². The number of hydrogen-bond acceptors (Lipinski definition) is 5. The minimum atomic E-state index is -0.437. The van der Waals surface area contributed by atoms with E-state index in [9.17, 15) is 4.79 Å². The van der Waals surface area contributed by atoms with E-state index in [1.807, 2.05) is 29.2 Å². The van der Waals surface area contributed by atoms with Crippen molar-refractivity contribution in [3.8, 4) is 11.5 Å². The lowest BCUT2D eigenvalue weighted by molar-refractivity contribution is -0.151. The van der Waals surface area contributed by atoms with Gasteiger partial charge in [-0.15, -0.1) is 0 Å². The van der Waals surface area contributed by atoms with Gasteiger partial charge in [0.25, 0.3) is 5.91 Å². The van der Waals surface area contributed by atoms with Crippen LogP contribution in [0.25, 0.3) is 0 Å². The molecule has 166 valence electrons. The summed E-state index contributed by atoms with van der Waals surface area (Å²) in [5, 5.41) is 0. The maximum Gasteiger partial charge on any atom is 0.253 e. The Morgan fingerprint density at radius 1 is 1.03 bits per heavy atom. The van der Waals surface area contributed by atoms with Crippen molar-refractivity contribution < 1.29 is 19.0 Å². The molecule has 0 aromatic heterocycles.